The molecule has 0 aliphatic heterocycles. The van der Waals surface area contributed by atoms with Crippen molar-refractivity contribution in [2.45, 2.75) is 131 Å². The van der Waals surface area contributed by atoms with Crippen molar-refractivity contribution in [3.63, 3.8) is 0 Å². The van der Waals surface area contributed by atoms with Crippen LogP contribution in [0.25, 0.3) is 11.1 Å². The van der Waals surface area contributed by atoms with E-state index in [2.05, 4.69) is 104 Å². The third-order valence-corrected chi connectivity index (χ3v) is 9.81. The maximum atomic E-state index is 2.61. The van der Waals surface area contributed by atoms with Crippen LogP contribution in [0, 0.1) is 17.3 Å². The van der Waals surface area contributed by atoms with Gasteiger partial charge in [0.05, 0.1) is 0 Å². The Labute approximate surface area is 241 Å². The molecule has 4 rings (SSSR count). The van der Waals surface area contributed by atoms with Gasteiger partial charge in [-0.25, -0.2) is 0 Å². The molecule has 0 aromatic heterocycles. The third kappa shape index (κ3) is 5.87. The first-order valence-electron chi connectivity index (χ1n) is 16.4. The molecule has 2 aromatic carbocycles. The molecule has 0 fully saturated rings. The predicted molar refractivity (Wildman–Crippen MR) is 173 cm³/mol. The van der Waals surface area contributed by atoms with Gasteiger partial charge in [0.25, 0.3) is 0 Å². The molecule has 0 saturated carbocycles. The summed E-state index contributed by atoms with van der Waals surface area (Å²) in [4.78, 5) is 0. The number of rotatable bonds is 14. The van der Waals surface area contributed by atoms with Crippen LogP contribution in [0.2, 0.25) is 0 Å². The Balaban J connectivity index is 1.83. The van der Waals surface area contributed by atoms with Gasteiger partial charge in [-0.15, -0.1) is 0 Å². The van der Waals surface area contributed by atoms with Gasteiger partial charge in [-0.05, 0) is 76.3 Å². The molecule has 2 atom stereocenters. The van der Waals surface area contributed by atoms with Crippen molar-refractivity contribution in [2.24, 2.45) is 17.3 Å². The summed E-state index contributed by atoms with van der Waals surface area (Å²) < 4.78 is 0. The van der Waals surface area contributed by atoms with Crippen LogP contribution in [0.5, 0.6) is 0 Å². The quantitative estimate of drug-likeness (QED) is 0.216. The zero-order valence-electron chi connectivity index (χ0n) is 26.5. The van der Waals surface area contributed by atoms with E-state index in [4.69, 9.17) is 0 Å². The number of fused-ring (bicyclic) bond motifs is 2. The standard InChI is InChI=1S/C39H56/c1-9-11-13-15-23-31-29-21-17-19-25-33(29)37(35(31)27(3)4)39(7,8)38-34-26-20-18-22-30(34)32(36(38)28(5)6)24-16-14-12-10-2/h17-22,25-28,37-38H,9-16,23-24H2,1-8H3. The summed E-state index contributed by atoms with van der Waals surface area (Å²) in [6, 6.07) is 18.9. The van der Waals surface area contributed by atoms with Crippen LogP contribution < -0.4 is 0 Å². The molecule has 212 valence electrons. The highest BCUT2D eigenvalue weighted by molar-refractivity contribution is 5.82. The van der Waals surface area contributed by atoms with E-state index in [0.29, 0.717) is 23.7 Å². The summed E-state index contributed by atoms with van der Waals surface area (Å²) in [5, 5.41) is 0. The third-order valence-electron chi connectivity index (χ3n) is 9.81. The topological polar surface area (TPSA) is 0 Å². The largest absolute Gasteiger partial charge is 0.0654 e. The van der Waals surface area contributed by atoms with E-state index in [1.165, 1.54) is 64.2 Å². The number of benzene rings is 2. The van der Waals surface area contributed by atoms with E-state index in [9.17, 15) is 0 Å². The fraction of sp³-hybridized carbons (Fsp3) is 0.590. The Morgan fingerprint density at radius 2 is 0.949 bits per heavy atom. The molecule has 0 bridgehead atoms. The number of unbranched alkanes of at least 4 members (excludes halogenated alkanes) is 6. The first-order valence-corrected chi connectivity index (χ1v) is 16.4. The molecule has 39 heavy (non-hydrogen) atoms. The second-order valence-electron chi connectivity index (χ2n) is 13.7. The summed E-state index contributed by atoms with van der Waals surface area (Å²) in [5.41, 5.74) is 13.2. The molecule has 0 heterocycles. The minimum atomic E-state index is 0.0851. The van der Waals surface area contributed by atoms with Crippen molar-refractivity contribution in [1.29, 1.82) is 0 Å². The Morgan fingerprint density at radius 3 is 1.31 bits per heavy atom. The van der Waals surface area contributed by atoms with Gasteiger partial charge < -0.3 is 0 Å². The van der Waals surface area contributed by atoms with Gasteiger partial charge in [0.15, 0.2) is 0 Å². The average molecular weight is 525 g/mol. The molecule has 0 saturated heterocycles. The first-order chi connectivity index (χ1) is 18.8. The van der Waals surface area contributed by atoms with Crippen molar-refractivity contribution in [3.8, 4) is 0 Å². The van der Waals surface area contributed by atoms with Crippen molar-refractivity contribution in [1.82, 2.24) is 0 Å². The van der Waals surface area contributed by atoms with Crippen molar-refractivity contribution < 1.29 is 0 Å². The van der Waals surface area contributed by atoms with Gasteiger partial charge >= 0.3 is 0 Å². The van der Waals surface area contributed by atoms with Crippen LogP contribution in [-0.2, 0) is 0 Å². The molecule has 0 heteroatoms. The Kier molecular flexibility index (Phi) is 10.0. The number of hydrogen-bond acceptors (Lipinski definition) is 0. The minimum Gasteiger partial charge on any atom is -0.0654 e. The molecule has 0 radical (unpaired) electrons. The van der Waals surface area contributed by atoms with E-state index in [0.717, 1.165) is 0 Å². The Morgan fingerprint density at radius 1 is 0.564 bits per heavy atom. The van der Waals surface area contributed by atoms with Crippen LogP contribution in [0.15, 0.2) is 59.7 Å². The highest BCUT2D eigenvalue weighted by atomic mass is 14.5. The Bertz CT molecular complexity index is 1080. The zero-order chi connectivity index (χ0) is 28.2. The molecule has 0 spiro atoms. The molecule has 0 nitrogen and oxygen atoms in total. The van der Waals surface area contributed by atoms with E-state index in [1.54, 1.807) is 44.5 Å². The summed E-state index contributed by atoms with van der Waals surface area (Å²) in [5.74, 6) is 2.03. The van der Waals surface area contributed by atoms with E-state index in [-0.39, 0.29) is 5.41 Å². The predicted octanol–water partition coefficient (Wildman–Crippen LogP) is 12.4. The van der Waals surface area contributed by atoms with Crippen LogP contribution in [0.4, 0.5) is 0 Å². The fourth-order valence-corrected chi connectivity index (χ4v) is 8.19. The molecular weight excluding hydrogens is 468 g/mol. The lowest BCUT2D eigenvalue weighted by atomic mass is 9.60. The van der Waals surface area contributed by atoms with Gasteiger partial charge in [0.2, 0.25) is 0 Å². The van der Waals surface area contributed by atoms with Crippen molar-refractivity contribution in [3.05, 3.63) is 81.9 Å². The highest BCUT2D eigenvalue weighted by Crippen LogP contribution is 2.63. The summed E-state index contributed by atoms with van der Waals surface area (Å²) in [6.45, 7) is 19.7. The lowest BCUT2D eigenvalue weighted by Crippen LogP contribution is -2.32. The summed E-state index contributed by atoms with van der Waals surface area (Å²) >= 11 is 0. The average Bonchev–Trinajstić information content (AvgIpc) is 3.43. The van der Waals surface area contributed by atoms with E-state index >= 15 is 0 Å². The smallest absolute Gasteiger partial charge is 0.0123 e. The van der Waals surface area contributed by atoms with Crippen molar-refractivity contribution in [2.75, 3.05) is 0 Å². The van der Waals surface area contributed by atoms with Gasteiger partial charge in [0.1, 0.15) is 0 Å². The molecule has 2 unspecified atom stereocenters. The molecule has 2 aliphatic carbocycles. The molecule has 2 aromatic rings. The van der Waals surface area contributed by atoms with E-state index in [1.807, 2.05) is 0 Å². The lowest BCUT2D eigenvalue weighted by Gasteiger charge is -2.43. The second kappa shape index (κ2) is 13.1. The number of hydrogen-bond donors (Lipinski definition) is 0. The number of allylic oxidation sites excluding steroid dienone is 4. The fourth-order valence-electron chi connectivity index (χ4n) is 8.19. The first kappa shape index (κ1) is 29.9. The zero-order valence-corrected chi connectivity index (χ0v) is 26.5. The summed E-state index contributed by atoms with van der Waals surface area (Å²) in [6.07, 6.45) is 13.1. The van der Waals surface area contributed by atoms with Gasteiger partial charge in [-0.1, -0.05) is 154 Å². The SMILES string of the molecule is CCCCCCC1=C(C(C)C)C(C(C)(C)C2C(C(C)C)=C(CCCCCC)c3ccccc32)c2ccccc21. The monoisotopic (exact) mass is 524 g/mol. The maximum Gasteiger partial charge on any atom is 0.0123 e. The van der Waals surface area contributed by atoms with Crippen LogP contribution in [0.1, 0.15) is 154 Å². The Hall–Kier alpha value is -2.08. The molecule has 2 aliphatic rings. The normalized spacial score (nSPS) is 19.0. The van der Waals surface area contributed by atoms with Crippen LogP contribution in [-0.4, -0.2) is 0 Å². The summed E-state index contributed by atoms with van der Waals surface area (Å²) in [7, 11) is 0. The molecule has 0 amide bonds. The van der Waals surface area contributed by atoms with Crippen molar-refractivity contribution >= 4 is 11.1 Å². The molecule has 0 N–H and O–H groups in total. The molecular formula is C39H56. The minimum absolute atomic E-state index is 0.0851. The maximum absolute atomic E-state index is 2.61. The van der Waals surface area contributed by atoms with E-state index < -0.39 is 0 Å². The van der Waals surface area contributed by atoms with Gasteiger partial charge in [-0.2, -0.15) is 0 Å². The van der Waals surface area contributed by atoms with Gasteiger partial charge in [-0.3, -0.25) is 0 Å². The van der Waals surface area contributed by atoms with Crippen LogP contribution in [0.3, 0.4) is 0 Å². The lowest BCUT2D eigenvalue weighted by molar-refractivity contribution is 0.257. The van der Waals surface area contributed by atoms with Crippen LogP contribution >= 0.6 is 0 Å². The van der Waals surface area contributed by atoms with Gasteiger partial charge in [0, 0.05) is 11.8 Å². The highest BCUT2D eigenvalue weighted by Gasteiger charge is 2.50. The second-order valence-corrected chi connectivity index (χ2v) is 13.7.